The van der Waals surface area contributed by atoms with Gasteiger partial charge in [0.15, 0.2) is 5.69 Å². The number of nitrogens with one attached hydrogen (secondary N) is 1. The molecule has 22 heavy (non-hydrogen) atoms. The van der Waals surface area contributed by atoms with Crippen LogP contribution in [0.3, 0.4) is 0 Å². The maximum absolute atomic E-state index is 12.4. The quantitative estimate of drug-likeness (QED) is 0.947. The Labute approximate surface area is 130 Å². The number of aromatic nitrogens is 3. The predicted octanol–water partition coefficient (Wildman–Crippen LogP) is 3.03. The predicted molar refractivity (Wildman–Crippen MR) is 85.1 cm³/mol. The Morgan fingerprint density at radius 2 is 1.95 bits per heavy atom. The van der Waals surface area contributed by atoms with Crippen LogP contribution in [0.15, 0.2) is 30.5 Å². The van der Waals surface area contributed by atoms with Crippen LogP contribution in [0.25, 0.3) is 5.69 Å². The third kappa shape index (κ3) is 3.03. The van der Waals surface area contributed by atoms with Crippen molar-refractivity contribution in [1.29, 1.82) is 0 Å². The van der Waals surface area contributed by atoms with Crippen molar-refractivity contribution in [3.05, 3.63) is 41.7 Å². The molecule has 0 unspecified atom stereocenters. The lowest BCUT2D eigenvalue weighted by Gasteiger charge is -2.34. The van der Waals surface area contributed by atoms with E-state index in [0.717, 1.165) is 24.1 Å². The number of carbonyl (C=O) groups is 1. The fraction of sp³-hybridized carbons (Fsp3) is 0.471. The molecule has 1 amide bonds. The lowest BCUT2D eigenvalue weighted by molar-refractivity contribution is 0.0877. The zero-order valence-corrected chi connectivity index (χ0v) is 13.2. The summed E-state index contributed by atoms with van der Waals surface area (Å²) in [7, 11) is 0. The molecule has 0 saturated heterocycles. The van der Waals surface area contributed by atoms with Crippen LogP contribution >= 0.6 is 0 Å². The van der Waals surface area contributed by atoms with Crippen molar-refractivity contribution in [2.75, 3.05) is 0 Å². The van der Waals surface area contributed by atoms with Crippen molar-refractivity contribution < 1.29 is 4.79 Å². The highest BCUT2D eigenvalue weighted by Crippen LogP contribution is 2.27. The molecule has 0 bridgehead atoms. The summed E-state index contributed by atoms with van der Waals surface area (Å²) in [5.41, 5.74) is 2.30. The van der Waals surface area contributed by atoms with Gasteiger partial charge in [0, 0.05) is 5.54 Å². The smallest absolute Gasteiger partial charge is 0.273 e. The second kappa shape index (κ2) is 5.91. The molecule has 1 aromatic carbocycles. The van der Waals surface area contributed by atoms with Crippen molar-refractivity contribution in [3.8, 4) is 5.69 Å². The van der Waals surface area contributed by atoms with Crippen LogP contribution in [-0.2, 0) is 0 Å². The van der Waals surface area contributed by atoms with Gasteiger partial charge in [-0.05, 0) is 38.3 Å². The third-order valence-electron chi connectivity index (χ3n) is 4.46. The number of rotatable bonds is 3. The highest BCUT2D eigenvalue weighted by molar-refractivity contribution is 5.92. The summed E-state index contributed by atoms with van der Waals surface area (Å²) < 4.78 is 1.66. The number of amides is 1. The van der Waals surface area contributed by atoms with Crippen LogP contribution in [-0.4, -0.2) is 26.4 Å². The molecule has 1 fully saturated rings. The summed E-state index contributed by atoms with van der Waals surface area (Å²) in [6.07, 6.45) is 7.37. The lowest BCUT2D eigenvalue weighted by Crippen LogP contribution is -2.47. The Morgan fingerprint density at radius 1 is 1.23 bits per heavy atom. The Hall–Kier alpha value is -2.17. The van der Waals surface area contributed by atoms with Gasteiger partial charge in [-0.1, -0.05) is 42.7 Å². The minimum absolute atomic E-state index is 0.109. The second-order valence-electron chi connectivity index (χ2n) is 6.41. The van der Waals surface area contributed by atoms with Crippen LogP contribution in [0.5, 0.6) is 0 Å². The Bertz CT molecular complexity index is 671. The lowest BCUT2D eigenvalue weighted by atomic mass is 9.83. The molecule has 116 valence electrons. The first-order valence-electron chi connectivity index (χ1n) is 7.88. The van der Waals surface area contributed by atoms with E-state index in [1.54, 1.807) is 10.9 Å². The normalized spacial score (nSPS) is 17.2. The number of nitrogens with zero attached hydrogens (tertiary/aromatic N) is 3. The number of aryl methyl sites for hydroxylation is 1. The topological polar surface area (TPSA) is 59.8 Å². The van der Waals surface area contributed by atoms with E-state index in [-0.39, 0.29) is 11.4 Å². The van der Waals surface area contributed by atoms with E-state index in [1.807, 2.05) is 31.2 Å². The third-order valence-corrected chi connectivity index (χ3v) is 4.46. The van der Waals surface area contributed by atoms with Gasteiger partial charge < -0.3 is 5.32 Å². The molecule has 0 spiro atoms. The molecular weight excluding hydrogens is 276 g/mol. The van der Waals surface area contributed by atoms with E-state index in [0.29, 0.717) is 5.69 Å². The maximum Gasteiger partial charge on any atom is 0.273 e. The molecule has 2 aromatic rings. The fourth-order valence-corrected chi connectivity index (χ4v) is 3.10. The van der Waals surface area contributed by atoms with Gasteiger partial charge in [0.25, 0.3) is 5.91 Å². The number of benzene rings is 1. The minimum Gasteiger partial charge on any atom is -0.345 e. The summed E-state index contributed by atoms with van der Waals surface area (Å²) in [5.74, 6) is -0.135. The number of para-hydroxylation sites is 1. The Kier molecular flexibility index (Phi) is 3.96. The number of hydrogen-bond acceptors (Lipinski definition) is 3. The van der Waals surface area contributed by atoms with E-state index in [4.69, 9.17) is 0 Å². The van der Waals surface area contributed by atoms with E-state index < -0.39 is 0 Å². The van der Waals surface area contributed by atoms with Gasteiger partial charge in [-0.3, -0.25) is 4.79 Å². The van der Waals surface area contributed by atoms with Crippen molar-refractivity contribution in [3.63, 3.8) is 0 Å². The zero-order chi connectivity index (χ0) is 15.6. The summed E-state index contributed by atoms with van der Waals surface area (Å²) in [5, 5.41) is 11.3. The van der Waals surface area contributed by atoms with Crippen molar-refractivity contribution >= 4 is 5.91 Å². The summed E-state index contributed by atoms with van der Waals surface area (Å²) in [4.78, 5) is 12.4. The Balaban J connectivity index is 1.76. The average molecular weight is 298 g/mol. The molecule has 3 rings (SSSR count). The summed E-state index contributed by atoms with van der Waals surface area (Å²) in [6, 6.07) is 7.91. The first-order valence-corrected chi connectivity index (χ1v) is 7.88. The van der Waals surface area contributed by atoms with Gasteiger partial charge in [0.1, 0.15) is 0 Å². The van der Waals surface area contributed by atoms with Crippen LogP contribution < -0.4 is 5.32 Å². The highest BCUT2D eigenvalue weighted by atomic mass is 16.2. The highest BCUT2D eigenvalue weighted by Gasteiger charge is 2.29. The van der Waals surface area contributed by atoms with Crippen LogP contribution in [0.4, 0.5) is 0 Å². The van der Waals surface area contributed by atoms with Gasteiger partial charge >= 0.3 is 0 Å². The molecule has 1 aliphatic rings. The van der Waals surface area contributed by atoms with E-state index in [2.05, 4.69) is 22.6 Å². The minimum atomic E-state index is -0.135. The molecule has 1 heterocycles. The Morgan fingerprint density at radius 3 is 2.68 bits per heavy atom. The molecule has 1 N–H and O–H groups in total. The van der Waals surface area contributed by atoms with Gasteiger partial charge in [0.2, 0.25) is 0 Å². The fourth-order valence-electron chi connectivity index (χ4n) is 3.10. The SMILES string of the molecule is Cc1ccccc1-n1cc(C(=O)NC2(C)CCCCC2)nn1. The van der Waals surface area contributed by atoms with Crippen LogP contribution in [0.2, 0.25) is 0 Å². The van der Waals surface area contributed by atoms with Crippen molar-refractivity contribution in [1.82, 2.24) is 20.3 Å². The molecule has 5 heteroatoms. The number of carbonyl (C=O) groups excluding carboxylic acids is 1. The zero-order valence-electron chi connectivity index (χ0n) is 13.2. The molecule has 5 nitrogen and oxygen atoms in total. The van der Waals surface area contributed by atoms with Crippen molar-refractivity contribution in [2.45, 2.75) is 51.5 Å². The van der Waals surface area contributed by atoms with Crippen LogP contribution in [0, 0.1) is 6.92 Å². The standard InChI is InChI=1S/C17H22N4O/c1-13-8-4-5-9-15(13)21-12-14(19-20-21)16(22)18-17(2)10-6-3-7-11-17/h4-5,8-9,12H,3,6-7,10-11H2,1-2H3,(H,18,22). The van der Waals surface area contributed by atoms with Crippen molar-refractivity contribution in [2.24, 2.45) is 0 Å². The van der Waals surface area contributed by atoms with Gasteiger partial charge in [-0.15, -0.1) is 5.10 Å². The molecule has 1 aliphatic carbocycles. The monoisotopic (exact) mass is 298 g/mol. The van der Waals surface area contributed by atoms with Crippen LogP contribution in [0.1, 0.15) is 55.1 Å². The molecule has 1 aromatic heterocycles. The molecule has 1 saturated carbocycles. The van der Waals surface area contributed by atoms with E-state index in [9.17, 15) is 4.79 Å². The van der Waals surface area contributed by atoms with Gasteiger partial charge in [-0.2, -0.15) is 0 Å². The molecular formula is C17H22N4O. The summed E-state index contributed by atoms with van der Waals surface area (Å²) in [6.45, 7) is 4.13. The largest absolute Gasteiger partial charge is 0.345 e. The first-order chi connectivity index (χ1) is 10.6. The van der Waals surface area contributed by atoms with Gasteiger partial charge in [-0.25, -0.2) is 4.68 Å². The maximum atomic E-state index is 12.4. The van der Waals surface area contributed by atoms with Gasteiger partial charge in [0.05, 0.1) is 11.9 Å². The van der Waals surface area contributed by atoms with E-state index in [1.165, 1.54) is 19.3 Å². The molecule has 0 aliphatic heterocycles. The molecule has 0 atom stereocenters. The van der Waals surface area contributed by atoms with E-state index >= 15 is 0 Å². The number of hydrogen-bond donors (Lipinski definition) is 1. The first kappa shape index (κ1) is 14.8. The molecule has 0 radical (unpaired) electrons. The summed E-state index contributed by atoms with van der Waals surface area (Å²) >= 11 is 0. The second-order valence-corrected chi connectivity index (χ2v) is 6.41. The average Bonchev–Trinajstić information content (AvgIpc) is 2.98.